The van der Waals surface area contributed by atoms with Crippen LogP contribution in [0.4, 0.5) is 11.6 Å². The standard InChI is InChI=1S/C25H31N5O2S/c1-17-6-3-7-18(19-14-28-22(33-19)25(31)10-4-11-25)21(17)30-23-27-13-8-20(29-23)32-16-24(2)9-5-12-26-15-24/h3,6-8,13-14,26,31H,4-5,9-12,15-16H2,1-2H3,(H,27,29,30). The summed E-state index contributed by atoms with van der Waals surface area (Å²) in [7, 11) is 0. The van der Waals surface area contributed by atoms with Crippen molar-refractivity contribution in [3.05, 3.63) is 47.2 Å². The fraction of sp³-hybridized carbons (Fsp3) is 0.480. The van der Waals surface area contributed by atoms with Gasteiger partial charge in [0, 0.05) is 36.0 Å². The Morgan fingerprint density at radius 3 is 2.82 bits per heavy atom. The van der Waals surface area contributed by atoms with Crippen molar-refractivity contribution in [2.75, 3.05) is 25.0 Å². The van der Waals surface area contributed by atoms with Crippen LogP contribution in [0.25, 0.3) is 10.4 Å². The average molecular weight is 466 g/mol. The molecule has 0 bridgehead atoms. The van der Waals surface area contributed by atoms with Crippen LogP contribution >= 0.6 is 11.3 Å². The molecular formula is C25H31N5O2S. The minimum atomic E-state index is -0.750. The third-order valence-corrected chi connectivity index (χ3v) is 7.97. The van der Waals surface area contributed by atoms with Crippen molar-refractivity contribution in [2.45, 2.75) is 51.6 Å². The first-order valence-electron chi connectivity index (χ1n) is 11.7. The van der Waals surface area contributed by atoms with E-state index in [0.29, 0.717) is 18.4 Å². The number of aryl methyl sites for hydroxylation is 1. The number of hydrogen-bond donors (Lipinski definition) is 3. The molecule has 33 heavy (non-hydrogen) atoms. The molecule has 0 spiro atoms. The van der Waals surface area contributed by atoms with Crippen LogP contribution in [0.5, 0.6) is 5.88 Å². The van der Waals surface area contributed by atoms with Crippen molar-refractivity contribution in [3.63, 3.8) is 0 Å². The molecule has 1 atom stereocenters. The van der Waals surface area contributed by atoms with Crippen LogP contribution in [0.15, 0.2) is 36.7 Å². The second kappa shape index (κ2) is 9.00. The van der Waals surface area contributed by atoms with E-state index >= 15 is 0 Å². The van der Waals surface area contributed by atoms with Gasteiger partial charge in [-0.3, -0.25) is 0 Å². The Labute approximate surface area is 198 Å². The summed E-state index contributed by atoms with van der Waals surface area (Å²) >= 11 is 1.56. The fourth-order valence-electron chi connectivity index (χ4n) is 4.46. The first kappa shape index (κ1) is 22.3. The summed E-state index contributed by atoms with van der Waals surface area (Å²) < 4.78 is 6.06. The Hall–Kier alpha value is -2.55. The van der Waals surface area contributed by atoms with E-state index in [1.165, 1.54) is 6.42 Å². The van der Waals surface area contributed by atoms with Crippen molar-refractivity contribution in [1.29, 1.82) is 0 Å². The smallest absolute Gasteiger partial charge is 0.230 e. The quantitative estimate of drug-likeness (QED) is 0.462. The minimum absolute atomic E-state index is 0.119. The van der Waals surface area contributed by atoms with Gasteiger partial charge < -0.3 is 20.5 Å². The lowest BCUT2D eigenvalue weighted by Gasteiger charge is -2.34. The van der Waals surface area contributed by atoms with E-state index in [-0.39, 0.29) is 5.41 Å². The van der Waals surface area contributed by atoms with E-state index < -0.39 is 5.60 Å². The molecule has 1 aliphatic carbocycles. The number of nitrogens with one attached hydrogen (secondary N) is 2. The number of rotatable bonds is 7. The second-order valence-corrected chi connectivity index (χ2v) is 10.7. The number of anilines is 2. The van der Waals surface area contributed by atoms with E-state index in [4.69, 9.17) is 4.74 Å². The van der Waals surface area contributed by atoms with Gasteiger partial charge in [-0.2, -0.15) is 4.98 Å². The second-order valence-electron chi connectivity index (χ2n) is 9.64. The molecule has 2 fully saturated rings. The molecule has 1 unspecified atom stereocenters. The maximum atomic E-state index is 10.7. The SMILES string of the molecule is Cc1cccc(-c2cnc(C3(O)CCC3)s2)c1Nc1nccc(OCC2(C)CCCNC2)n1. The van der Waals surface area contributed by atoms with E-state index in [0.717, 1.165) is 65.5 Å². The van der Waals surface area contributed by atoms with Crippen LogP contribution in [-0.2, 0) is 5.60 Å². The van der Waals surface area contributed by atoms with Gasteiger partial charge >= 0.3 is 0 Å². The Bertz CT molecular complexity index is 1120. The molecule has 3 N–H and O–H groups in total. The number of nitrogens with zero attached hydrogens (tertiary/aromatic N) is 3. The highest BCUT2D eigenvalue weighted by molar-refractivity contribution is 7.15. The fourth-order valence-corrected chi connectivity index (χ4v) is 5.56. The number of ether oxygens (including phenoxy) is 1. The van der Waals surface area contributed by atoms with E-state index in [1.807, 2.05) is 12.3 Å². The van der Waals surface area contributed by atoms with Gasteiger partial charge in [0.2, 0.25) is 11.8 Å². The number of piperidine rings is 1. The normalized spacial score (nSPS) is 21.9. The number of hydrogen-bond acceptors (Lipinski definition) is 8. The molecule has 0 amide bonds. The number of benzene rings is 1. The van der Waals surface area contributed by atoms with Crippen LogP contribution in [0, 0.1) is 12.3 Å². The van der Waals surface area contributed by atoms with E-state index in [2.05, 4.69) is 51.6 Å². The molecule has 7 nitrogen and oxygen atoms in total. The summed E-state index contributed by atoms with van der Waals surface area (Å²) in [5.74, 6) is 1.07. The van der Waals surface area contributed by atoms with Crippen LogP contribution in [0.3, 0.4) is 0 Å². The summed E-state index contributed by atoms with van der Waals surface area (Å²) in [6, 6.07) is 7.96. The Morgan fingerprint density at radius 1 is 1.18 bits per heavy atom. The van der Waals surface area contributed by atoms with Gasteiger partial charge in [0.05, 0.1) is 17.2 Å². The number of aliphatic hydroxyl groups is 1. The molecule has 1 aromatic carbocycles. The highest BCUT2D eigenvalue weighted by atomic mass is 32.1. The van der Waals surface area contributed by atoms with Gasteiger partial charge in [-0.15, -0.1) is 11.3 Å². The van der Waals surface area contributed by atoms with Crippen molar-refractivity contribution < 1.29 is 9.84 Å². The highest BCUT2D eigenvalue weighted by Gasteiger charge is 2.39. The predicted molar refractivity (Wildman–Crippen MR) is 131 cm³/mol. The highest BCUT2D eigenvalue weighted by Crippen LogP contribution is 2.45. The molecule has 2 aliphatic rings. The molecule has 0 radical (unpaired) electrons. The van der Waals surface area contributed by atoms with Crippen LogP contribution < -0.4 is 15.4 Å². The van der Waals surface area contributed by atoms with Crippen LogP contribution in [0.1, 0.15) is 49.6 Å². The van der Waals surface area contributed by atoms with Crippen LogP contribution in [0.2, 0.25) is 0 Å². The summed E-state index contributed by atoms with van der Waals surface area (Å²) in [5.41, 5.74) is 2.42. The van der Waals surface area contributed by atoms with Gasteiger partial charge in [-0.05, 0) is 51.1 Å². The van der Waals surface area contributed by atoms with Gasteiger partial charge in [0.1, 0.15) is 10.6 Å². The van der Waals surface area contributed by atoms with Crippen molar-refractivity contribution in [3.8, 4) is 16.3 Å². The molecule has 5 rings (SSSR count). The lowest BCUT2D eigenvalue weighted by atomic mass is 9.81. The lowest BCUT2D eigenvalue weighted by molar-refractivity contribution is -0.0389. The Morgan fingerprint density at radius 2 is 2.06 bits per heavy atom. The van der Waals surface area contributed by atoms with Gasteiger partial charge in [0.25, 0.3) is 0 Å². The zero-order valence-corrected chi connectivity index (χ0v) is 20.0. The number of aromatic nitrogens is 3. The maximum absolute atomic E-state index is 10.7. The molecule has 8 heteroatoms. The molecule has 3 aromatic rings. The van der Waals surface area contributed by atoms with Crippen molar-refractivity contribution in [1.82, 2.24) is 20.3 Å². The first-order chi connectivity index (χ1) is 15.9. The third-order valence-electron chi connectivity index (χ3n) is 6.74. The monoisotopic (exact) mass is 465 g/mol. The van der Waals surface area contributed by atoms with Gasteiger partial charge in [-0.1, -0.05) is 25.1 Å². The lowest BCUT2D eigenvalue weighted by Crippen LogP contribution is -2.41. The maximum Gasteiger partial charge on any atom is 0.230 e. The molecule has 1 saturated carbocycles. The predicted octanol–water partition coefficient (Wildman–Crippen LogP) is 4.79. The summed E-state index contributed by atoms with van der Waals surface area (Å²) in [5, 5.41) is 18.4. The van der Waals surface area contributed by atoms with Crippen molar-refractivity contribution >= 4 is 23.0 Å². The summed E-state index contributed by atoms with van der Waals surface area (Å²) in [6.45, 7) is 6.98. The Balaban J connectivity index is 1.35. The summed E-state index contributed by atoms with van der Waals surface area (Å²) in [4.78, 5) is 14.6. The molecule has 3 heterocycles. The van der Waals surface area contributed by atoms with Crippen LogP contribution in [-0.4, -0.2) is 39.8 Å². The average Bonchev–Trinajstić information content (AvgIpc) is 3.29. The number of thiazole rings is 1. The first-order valence-corrected chi connectivity index (χ1v) is 12.5. The zero-order chi connectivity index (χ0) is 22.9. The minimum Gasteiger partial charge on any atom is -0.477 e. The topological polar surface area (TPSA) is 92.2 Å². The van der Waals surface area contributed by atoms with Gasteiger partial charge in [0.15, 0.2) is 0 Å². The molecule has 1 aliphatic heterocycles. The van der Waals surface area contributed by atoms with Gasteiger partial charge in [-0.25, -0.2) is 9.97 Å². The largest absolute Gasteiger partial charge is 0.477 e. The van der Waals surface area contributed by atoms with E-state index in [1.54, 1.807) is 23.6 Å². The number of para-hydroxylation sites is 1. The Kier molecular flexibility index (Phi) is 6.07. The third kappa shape index (κ3) is 4.74. The summed E-state index contributed by atoms with van der Waals surface area (Å²) in [6.07, 6.45) is 8.52. The van der Waals surface area contributed by atoms with E-state index in [9.17, 15) is 5.11 Å². The molecule has 2 aromatic heterocycles. The van der Waals surface area contributed by atoms with Crippen molar-refractivity contribution in [2.24, 2.45) is 5.41 Å². The molecular weight excluding hydrogens is 434 g/mol. The molecule has 1 saturated heterocycles. The zero-order valence-electron chi connectivity index (χ0n) is 19.2. The molecule has 174 valence electrons.